The highest BCUT2D eigenvalue weighted by Gasteiger charge is 2.17. The van der Waals surface area contributed by atoms with Gasteiger partial charge in [0.1, 0.15) is 5.75 Å². The Hall–Kier alpha value is -1.43. The van der Waals surface area contributed by atoms with Crippen LogP contribution in [0.1, 0.15) is 29.2 Å². The first-order valence-electron chi connectivity index (χ1n) is 7.18. The number of benzene rings is 1. The van der Waals surface area contributed by atoms with E-state index in [2.05, 4.69) is 34.4 Å². The molecular formula is C16H23N3OS. The highest BCUT2D eigenvalue weighted by Crippen LogP contribution is 2.24. The molecule has 2 rings (SSSR count). The summed E-state index contributed by atoms with van der Waals surface area (Å²) in [5.74, 6) is 0.895. The maximum atomic E-state index is 5.99. The van der Waals surface area contributed by atoms with Gasteiger partial charge in [-0.1, -0.05) is 12.1 Å². The highest BCUT2D eigenvalue weighted by atomic mass is 32.1. The van der Waals surface area contributed by atoms with Crippen molar-refractivity contribution in [2.75, 3.05) is 20.2 Å². The van der Waals surface area contributed by atoms with Crippen LogP contribution in [0.4, 0.5) is 0 Å². The molecule has 0 aliphatic rings. The Morgan fingerprint density at radius 3 is 2.86 bits per heavy atom. The quantitative estimate of drug-likeness (QED) is 0.854. The van der Waals surface area contributed by atoms with Gasteiger partial charge >= 0.3 is 0 Å². The van der Waals surface area contributed by atoms with Gasteiger partial charge in [0.05, 0.1) is 17.3 Å². The summed E-state index contributed by atoms with van der Waals surface area (Å²) >= 11 is 1.68. The zero-order chi connectivity index (χ0) is 15.2. The SMILES string of the molecule is CCOc1cccc(C(CN)N(C)Cc2csc(C)n2)c1. The number of aromatic nitrogens is 1. The third-order valence-electron chi connectivity index (χ3n) is 3.39. The predicted octanol–water partition coefficient (Wildman–Crippen LogP) is 2.98. The van der Waals surface area contributed by atoms with Gasteiger partial charge in [-0.05, 0) is 38.6 Å². The molecule has 1 aromatic carbocycles. The van der Waals surface area contributed by atoms with Crippen LogP contribution >= 0.6 is 11.3 Å². The molecule has 0 spiro atoms. The second-order valence-corrected chi connectivity index (χ2v) is 6.09. The summed E-state index contributed by atoms with van der Waals surface area (Å²) in [6, 6.07) is 8.33. The van der Waals surface area contributed by atoms with E-state index >= 15 is 0 Å². The molecule has 1 aromatic heterocycles. The number of nitrogens with two attached hydrogens (primary N) is 1. The summed E-state index contributed by atoms with van der Waals surface area (Å²) in [6.07, 6.45) is 0. The van der Waals surface area contributed by atoms with Crippen molar-refractivity contribution in [3.8, 4) is 5.75 Å². The van der Waals surface area contributed by atoms with Crippen molar-refractivity contribution in [2.24, 2.45) is 5.73 Å². The fourth-order valence-electron chi connectivity index (χ4n) is 2.40. The maximum Gasteiger partial charge on any atom is 0.119 e. The van der Waals surface area contributed by atoms with Gasteiger partial charge in [0.15, 0.2) is 0 Å². The number of ether oxygens (including phenoxy) is 1. The van der Waals surface area contributed by atoms with Crippen molar-refractivity contribution in [3.63, 3.8) is 0 Å². The summed E-state index contributed by atoms with van der Waals surface area (Å²) in [7, 11) is 2.08. The van der Waals surface area contributed by atoms with Crippen LogP contribution in [0.25, 0.3) is 0 Å². The van der Waals surface area contributed by atoms with E-state index in [1.165, 1.54) is 5.56 Å². The Bertz CT molecular complexity index is 570. The Kier molecular flexibility index (Phi) is 5.73. The van der Waals surface area contributed by atoms with Gasteiger partial charge in [-0.2, -0.15) is 0 Å². The van der Waals surface area contributed by atoms with Gasteiger partial charge < -0.3 is 10.5 Å². The average molecular weight is 305 g/mol. The Morgan fingerprint density at radius 2 is 2.24 bits per heavy atom. The minimum atomic E-state index is 0.160. The maximum absolute atomic E-state index is 5.99. The molecule has 21 heavy (non-hydrogen) atoms. The Labute approximate surface area is 130 Å². The lowest BCUT2D eigenvalue weighted by Crippen LogP contribution is -2.30. The summed E-state index contributed by atoms with van der Waals surface area (Å²) < 4.78 is 5.57. The number of thiazole rings is 1. The molecule has 0 saturated heterocycles. The van der Waals surface area contributed by atoms with Crippen LogP contribution < -0.4 is 10.5 Å². The second-order valence-electron chi connectivity index (χ2n) is 5.03. The van der Waals surface area contributed by atoms with E-state index in [-0.39, 0.29) is 6.04 Å². The van der Waals surface area contributed by atoms with Crippen LogP contribution in [-0.4, -0.2) is 30.1 Å². The molecule has 0 radical (unpaired) electrons. The Morgan fingerprint density at radius 1 is 1.43 bits per heavy atom. The molecule has 1 heterocycles. The van der Waals surface area contributed by atoms with Crippen molar-refractivity contribution in [3.05, 3.63) is 45.9 Å². The molecule has 2 N–H and O–H groups in total. The molecule has 0 bridgehead atoms. The largest absolute Gasteiger partial charge is 0.494 e. The second kappa shape index (κ2) is 7.54. The van der Waals surface area contributed by atoms with Crippen molar-refractivity contribution in [1.29, 1.82) is 0 Å². The first kappa shape index (κ1) is 15.9. The normalized spacial score (nSPS) is 12.6. The zero-order valence-electron chi connectivity index (χ0n) is 12.9. The average Bonchev–Trinajstić information content (AvgIpc) is 2.86. The molecule has 114 valence electrons. The first-order chi connectivity index (χ1) is 10.1. The predicted molar refractivity (Wildman–Crippen MR) is 87.7 cm³/mol. The molecule has 0 aliphatic carbocycles. The summed E-state index contributed by atoms with van der Waals surface area (Å²) in [4.78, 5) is 6.76. The van der Waals surface area contributed by atoms with E-state index in [9.17, 15) is 0 Å². The number of hydrogen-bond acceptors (Lipinski definition) is 5. The molecule has 0 fully saturated rings. The fraction of sp³-hybridized carbons (Fsp3) is 0.438. The van der Waals surface area contributed by atoms with Gasteiger partial charge in [0.25, 0.3) is 0 Å². The molecular weight excluding hydrogens is 282 g/mol. The van der Waals surface area contributed by atoms with E-state index in [4.69, 9.17) is 10.5 Å². The lowest BCUT2D eigenvalue weighted by atomic mass is 10.1. The van der Waals surface area contributed by atoms with Gasteiger partial charge in [-0.3, -0.25) is 4.90 Å². The van der Waals surface area contributed by atoms with E-state index in [0.29, 0.717) is 13.2 Å². The monoisotopic (exact) mass is 305 g/mol. The molecule has 1 unspecified atom stereocenters. The van der Waals surface area contributed by atoms with E-state index in [1.807, 2.05) is 26.0 Å². The van der Waals surface area contributed by atoms with Gasteiger partial charge in [0.2, 0.25) is 0 Å². The summed E-state index contributed by atoms with van der Waals surface area (Å²) in [5, 5.41) is 3.21. The number of aryl methyl sites for hydroxylation is 1. The zero-order valence-corrected chi connectivity index (χ0v) is 13.7. The van der Waals surface area contributed by atoms with Gasteiger partial charge in [-0.25, -0.2) is 4.98 Å². The topological polar surface area (TPSA) is 51.4 Å². The smallest absolute Gasteiger partial charge is 0.119 e. The van der Waals surface area contributed by atoms with Crippen LogP contribution in [0.3, 0.4) is 0 Å². The third kappa shape index (κ3) is 4.27. The number of nitrogens with zero attached hydrogens (tertiary/aromatic N) is 2. The minimum absolute atomic E-state index is 0.160. The standard InChI is InChI=1S/C16H23N3OS/c1-4-20-15-7-5-6-13(8-15)16(9-17)19(3)10-14-11-21-12(2)18-14/h5-8,11,16H,4,9-10,17H2,1-3H3. The van der Waals surface area contributed by atoms with Gasteiger partial charge in [-0.15, -0.1) is 11.3 Å². The van der Waals surface area contributed by atoms with Crippen molar-refractivity contribution < 1.29 is 4.74 Å². The molecule has 0 saturated carbocycles. The van der Waals surface area contributed by atoms with E-state index in [1.54, 1.807) is 11.3 Å². The molecule has 2 aromatic rings. The first-order valence-corrected chi connectivity index (χ1v) is 8.06. The molecule has 5 heteroatoms. The van der Waals surface area contributed by atoms with Gasteiger partial charge in [0, 0.05) is 24.5 Å². The van der Waals surface area contributed by atoms with Crippen molar-refractivity contribution in [1.82, 2.24) is 9.88 Å². The molecule has 4 nitrogen and oxygen atoms in total. The van der Waals surface area contributed by atoms with Crippen LogP contribution in [0.5, 0.6) is 5.75 Å². The van der Waals surface area contributed by atoms with E-state index < -0.39 is 0 Å². The van der Waals surface area contributed by atoms with Crippen molar-refractivity contribution in [2.45, 2.75) is 26.4 Å². The number of hydrogen-bond donors (Lipinski definition) is 1. The van der Waals surface area contributed by atoms with E-state index in [0.717, 1.165) is 23.0 Å². The number of likely N-dealkylation sites (N-methyl/N-ethyl adjacent to an activating group) is 1. The van der Waals surface area contributed by atoms with Crippen LogP contribution in [-0.2, 0) is 6.54 Å². The Balaban J connectivity index is 2.12. The lowest BCUT2D eigenvalue weighted by molar-refractivity contribution is 0.238. The lowest BCUT2D eigenvalue weighted by Gasteiger charge is -2.27. The summed E-state index contributed by atoms with van der Waals surface area (Å²) in [5.41, 5.74) is 8.26. The van der Waals surface area contributed by atoms with Crippen LogP contribution in [0.2, 0.25) is 0 Å². The molecule has 1 atom stereocenters. The van der Waals surface area contributed by atoms with Crippen LogP contribution in [0, 0.1) is 6.92 Å². The van der Waals surface area contributed by atoms with Crippen LogP contribution in [0.15, 0.2) is 29.6 Å². The highest BCUT2D eigenvalue weighted by molar-refractivity contribution is 7.09. The fourth-order valence-corrected chi connectivity index (χ4v) is 3.00. The third-order valence-corrected chi connectivity index (χ3v) is 4.21. The molecule has 0 aliphatic heterocycles. The van der Waals surface area contributed by atoms with Crippen molar-refractivity contribution >= 4 is 11.3 Å². The number of rotatable bonds is 7. The molecule has 0 amide bonds. The summed E-state index contributed by atoms with van der Waals surface area (Å²) in [6.45, 7) is 6.05. The minimum Gasteiger partial charge on any atom is -0.494 e.